The van der Waals surface area contributed by atoms with Crippen LogP contribution in [0.3, 0.4) is 0 Å². The maximum atomic E-state index is 11.6. The molecule has 1 fully saturated rings. The van der Waals surface area contributed by atoms with E-state index in [0.29, 0.717) is 18.4 Å². The van der Waals surface area contributed by atoms with Crippen molar-refractivity contribution >= 4 is 11.9 Å². The van der Waals surface area contributed by atoms with Crippen molar-refractivity contribution in [1.82, 2.24) is 10.2 Å². The molecule has 0 bridgehead atoms. The molecule has 1 heterocycles. The number of likely N-dealkylation sites (tertiary alicyclic amines) is 1. The molecule has 1 saturated heterocycles. The highest BCUT2D eigenvalue weighted by molar-refractivity contribution is 5.83. The van der Waals surface area contributed by atoms with Crippen LogP contribution in [0.1, 0.15) is 27.2 Å². The molecule has 5 heteroatoms. The van der Waals surface area contributed by atoms with Crippen LogP contribution in [0.15, 0.2) is 0 Å². The molecule has 104 valence electrons. The Balaban J connectivity index is 2.51. The van der Waals surface area contributed by atoms with Crippen molar-refractivity contribution in [1.29, 1.82) is 0 Å². The van der Waals surface area contributed by atoms with Gasteiger partial charge in [0.25, 0.3) is 0 Å². The number of hydrogen-bond acceptors (Lipinski definition) is 4. The molecule has 1 aliphatic rings. The number of rotatable bonds is 5. The minimum absolute atomic E-state index is 0.204. The molecule has 2 unspecified atom stereocenters. The van der Waals surface area contributed by atoms with Gasteiger partial charge < -0.3 is 15.0 Å². The van der Waals surface area contributed by atoms with Crippen molar-refractivity contribution in [3.8, 4) is 0 Å². The lowest BCUT2D eigenvalue weighted by molar-refractivity contribution is -0.145. The zero-order valence-corrected chi connectivity index (χ0v) is 11.7. The van der Waals surface area contributed by atoms with Crippen molar-refractivity contribution in [3.63, 3.8) is 0 Å². The van der Waals surface area contributed by atoms with Gasteiger partial charge in [0.05, 0.1) is 7.11 Å². The van der Waals surface area contributed by atoms with Crippen LogP contribution in [-0.2, 0) is 14.3 Å². The van der Waals surface area contributed by atoms with Crippen molar-refractivity contribution in [3.05, 3.63) is 0 Å². The Kier molecular flexibility index (Phi) is 5.59. The maximum Gasteiger partial charge on any atom is 0.329 e. The molecule has 0 aromatic heterocycles. The van der Waals surface area contributed by atoms with E-state index in [1.165, 1.54) is 14.0 Å². The molecule has 0 saturated carbocycles. The van der Waals surface area contributed by atoms with Gasteiger partial charge in [-0.2, -0.15) is 0 Å². The number of nitrogens with zero attached hydrogens (tertiary/aromatic N) is 1. The second kappa shape index (κ2) is 6.73. The molecular formula is C13H24N2O3. The maximum absolute atomic E-state index is 11.6. The number of ether oxygens (including phenoxy) is 1. The fourth-order valence-corrected chi connectivity index (χ4v) is 2.40. The number of esters is 1. The zero-order chi connectivity index (χ0) is 13.7. The second-order valence-corrected chi connectivity index (χ2v) is 5.33. The first-order chi connectivity index (χ1) is 8.43. The summed E-state index contributed by atoms with van der Waals surface area (Å²) in [5.74, 6) is 0.760. The molecule has 0 radical (unpaired) electrons. The molecule has 0 aromatic carbocycles. The van der Waals surface area contributed by atoms with Crippen LogP contribution >= 0.6 is 0 Å². The Morgan fingerprint density at radius 1 is 1.44 bits per heavy atom. The Bertz CT molecular complexity index is 305. The summed E-state index contributed by atoms with van der Waals surface area (Å²) in [5, 5.41) is 2.65. The summed E-state index contributed by atoms with van der Waals surface area (Å²) in [6.45, 7) is 8.37. The third-order valence-corrected chi connectivity index (χ3v) is 3.56. The lowest BCUT2D eigenvalue weighted by Gasteiger charge is -2.23. The van der Waals surface area contributed by atoms with Crippen molar-refractivity contribution in [2.75, 3.05) is 26.7 Å². The second-order valence-electron chi connectivity index (χ2n) is 5.33. The largest absolute Gasteiger partial charge is 0.467 e. The van der Waals surface area contributed by atoms with E-state index < -0.39 is 6.04 Å². The summed E-state index contributed by atoms with van der Waals surface area (Å²) in [6.07, 6.45) is 1.16. The van der Waals surface area contributed by atoms with Crippen LogP contribution < -0.4 is 5.32 Å². The molecule has 0 spiro atoms. The fourth-order valence-electron chi connectivity index (χ4n) is 2.40. The third kappa shape index (κ3) is 4.29. The van der Waals surface area contributed by atoms with E-state index in [1.807, 2.05) is 0 Å². The molecule has 0 aliphatic carbocycles. The molecule has 1 aliphatic heterocycles. The summed E-state index contributed by atoms with van der Waals surface area (Å²) < 4.78 is 4.72. The topological polar surface area (TPSA) is 58.6 Å². The minimum Gasteiger partial charge on any atom is -0.467 e. The Hall–Kier alpha value is -1.10. The Morgan fingerprint density at radius 3 is 2.56 bits per heavy atom. The number of nitrogens with one attached hydrogen (secondary N) is 1. The van der Waals surface area contributed by atoms with Crippen LogP contribution in [0.4, 0.5) is 0 Å². The van der Waals surface area contributed by atoms with Crippen LogP contribution in [0, 0.1) is 11.8 Å². The SMILES string of the molecule is COC(=O)C(CN1CCC(C(C)C)C1)NC(C)=O. The summed E-state index contributed by atoms with van der Waals surface area (Å²) in [6, 6.07) is -0.557. The van der Waals surface area contributed by atoms with Gasteiger partial charge in [0.15, 0.2) is 0 Å². The van der Waals surface area contributed by atoms with E-state index in [4.69, 9.17) is 4.74 Å². The van der Waals surface area contributed by atoms with Crippen LogP contribution in [0.5, 0.6) is 0 Å². The van der Waals surface area contributed by atoms with E-state index in [2.05, 4.69) is 24.1 Å². The van der Waals surface area contributed by atoms with Gasteiger partial charge in [-0.15, -0.1) is 0 Å². The van der Waals surface area contributed by atoms with E-state index >= 15 is 0 Å². The van der Waals surface area contributed by atoms with Gasteiger partial charge in [-0.05, 0) is 24.8 Å². The fraction of sp³-hybridized carbons (Fsp3) is 0.846. The van der Waals surface area contributed by atoms with Gasteiger partial charge in [0.2, 0.25) is 5.91 Å². The molecule has 5 nitrogen and oxygen atoms in total. The monoisotopic (exact) mass is 256 g/mol. The smallest absolute Gasteiger partial charge is 0.329 e. The number of carbonyl (C=O) groups excluding carboxylic acids is 2. The molecule has 2 atom stereocenters. The normalized spacial score (nSPS) is 21.9. The lowest BCUT2D eigenvalue weighted by atomic mass is 9.95. The highest BCUT2D eigenvalue weighted by Gasteiger charge is 2.29. The zero-order valence-electron chi connectivity index (χ0n) is 11.7. The lowest BCUT2D eigenvalue weighted by Crippen LogP contribution is -2.48. The summed E-state index contributed by atoms with van der Waals surface area (Å²) in [7, 11) is 1.35. The van der Waals surface area contributed by atoms with Crippen LogP contribution in [0.2, 0.25) is 0 Å². The number of amides is 1. The average molecular weight is 256 g/mol. The summed E-state index contributed by atoms with van der Waals surface area (Å²) >= 11 is 0. The number of methoxy groups -OCH3 is 1. The highest BCUT2D eigenvalue weighted by Crippen LogP contribution is 2.23. The van der Waals surface area contributed by atoms with E-state index in [1.54, 1.807) is 0 Å². The van der Waals surface area contributed by atoms with E-state index in [9.17, 15) is 9.59 Å². The molecular weight excluding hydrogens is 232 g/mol. The van der Waals surface area contributed by atoms with Gasteiger partial charge in [-0.3, -0.25) is 4.79 Å². The van der Waals surface area contributed by atoms with Gasteiger partial charge >= 0.3 is 5.97 Å². The average Bonchev–Trinajstić information content (AvgIpc) is 2.75. The quantitative estimate of drug-likeness (QED) is 0.733. The molecule has 1 N–H and O–H groups in total. The molecule has 18 heavy (non-hydrogen) atoms. The predicted octanol–water partition coefficient (Wildman–Crippen LogP) is 0.642. The minimum atomic E-state index is -0.557. The van der Waals surface area contributed by atoms with Gasteiger partial charge in [0, 0.05) is 20.0 Å². The van der Waals surface area contributed by atoms with Crippen molar-refractivity contribution in [2.24, 2.45) is 11.8 Å². The van der Waals surface area contributed by atoms with E-state index in [-0.39, 0.29) is 11.9 Å². The molecule has 1 rings (SSSR count). The molecule has 1 amide bonds. The highest BCUT2D eigenvalue weighted by atomic mass is 16.5. The van der Waals surface area contributed by atoms with Crippen molar-refractivity contribution < 1.29 is 14.3 Å². The first-order valence-corrected chi connectivity index (χ1v) is 6.51. The Morgan fingerprint density at radius 2 is 2.11 bits per heavy atom. The first kappa shape index (κ1) is 15.0. The van der Waals surface area contributed by atoms with E-state index in [0.717, 1.165) is 19.5 Å². The first-order valence-electron chi connectivity index (χ1n) is 6.51. The number of hydrogen-bond donors (Lipinski definition) is 1. The molecule has 0 aromatic rings. The van der Waals surface area contributed by atoms with Crippen molar-refractivity contribution in [2.45, 2.75) is 33.2 Å². The van der Waals surface area contributed by atoms with Gasteiger partial charge in [-0.1, -0.05) is 13.8 Å². The Labute approximate surface area is 109 Å². The van der Waals surface area contributed by atoms with Gasteiger partial charge in [0.1, 0.15) is 6.04 Å². The van der Waals surface area contributed by atoms with Crippen LogP contribution in [0.25, 0.3) is 0 Å². The standard InChI is InChI=1S/C13H24N2O3/c1-9(2)11-5-6-15(7-11)8-12(13(17)18-4)14-10(3)16/h9,11-12H,5-8H2,1-4H3,(H,14,16). The van der Waals surface area contributed by atoms with Gasteiger partial charge in [-0.25, -0.2) is 4.79 Å². The van der Waals surface area contributed by atoms with Crippen LogP contribution in [-0.4, -0.2) is 49.6 Å². The predicted molar refractivity (Wildman–Crippen MR) is 69.0 cm³/mol. The summed E-state index contributed by atoms with van der Waals surface area (Å²) in [4.78, 5) is 24.9. The number of carbonyl (C=O) groups is 2. The third-order valence-electron chi connectivity index (χ3n) is 3.56. The summed E-state index contributed by atoms with van der Waals surface area (Å²) in [5.41, 5.74) is 0.